The number of likely N-dealkylation sites (N-methyl/N-ethyl adjacent to an activating group) is 1. The summed E-state index contributed by atoms with van der Waals surface area (Å²) in [6, 6.07) is 10.9. The SMILES string of the molecule is CNCCc1ccc(OC(F)(F)C(F)(F)I2OC(=O)c3ccccc32)cc1.Cl.Cl. The Balaban J connectivity index is 0.00000210. The zero-order valence-corrected chi connectivity index (χ0v) is 18.8. The zero-order chi connectivity index (χ0) is 19.7. The number of hydrogen-bond donors (Lipinski definition) is 1. The van der Waals surface area contributed by atoms with Crippen LogP contribution >= 0.6 is 45.0 Å². The van der Waals surface area contributed by atoms with Crippen molar-refractivity contribution in [3.63, 3.8) is 0 Å². The quantitative estimate of drug-likeness (QED) is 0.279. The molecule has 2 aromatic carbocycles. The van der Waals surface area contributed by atoms with Gasteiger partial charge in [0.1, 0.15) is 0 Å². The van der Waals surface area contributed by atoms with Crippen molar-refractivity contribution in [3.8, 4) is 5.75 Å². The zero-order valence-electron chi connectivity index (χ0n) is 15.0. The van der Waals surface area contributed by atoms with E-state index in [1.165, 1.54) is 48.5 Å². The summed E-state index contributed by atoms with van der Waals surface area (Å²) >= 11 is -4.32. The predicted octanol–water partition coefficient (Wildman–Crippen LogP) is 5.32. The topological polar surface area (TPSA) is 47.6 Å². The van der Waals surface area contributed by atoms with E-state index in [0.29, 0.717) is 13.0 Å². The van der Waals surface area contributed by atoms with E-state index in [0.717, 1.165) is 5.56 Å². The van der Waals surface area contributed by atoms with E-state index in [2.05, 4.69) is 13.1 Å². The molecule has 0 spiro atoms. The molecule has 1 heterocycles. The van der Waals surface area contributed by atoms with Crippen LogP contribution in [0, 0.1) is 3.57 Å². The molecule has 0 saturated heterocycles. The predicted molar refractivity (Wildman–Crippen MR) is 114 cm³/mol. The van der Waals surface area contributed by atoms with Crippen LogP contribution in [0.25, 0.3) is 0 Å². The van der Waals surface area contributed by atoms with Gasteiger partial charge in [0, 0.05) is 0 Å². The molecule has 0 amide bonds. The number of fused-ring (bicyclic) bond motifs is 1. The summed E-state index contributed by atoms with van der Waals surface area (Å²) in [6.45, 7) is 0.688. The Hall–Kier alpha value is -1.30. The minimum Gasteiger partial charge on any atom is -0.147 e. The first-order valence-corrected chi connectivity index (χ1v) is 11.0. The molecule has 0 fully saturated rings. The van der Waals surface area contributed by atoms with Gasteiger partial charge in [0.15, 0.2) is 0 Å². The molecule has 11 heteroatoms. The van der Waals surface area contributed by atoms with Gasteiger partial charge in [-0.2, -0.15) is 0 Å². The first-order chi connectivity index (χ1) is 12.8. The van der Waals surface area contributed by atoms with Gasteiger partial charge < -0.3 is 0 Å². The van der Waals surface area contributed by atoms with Gasteiger partial charge in [0.05, 0.1) is 0 Å². The molecule has 0 bridgehead atoms. The fourth-order valence-electron chi connectivity index (χ4n) is 2.41. The molecule has 1 N–H and O–H groups in total. The molecule has 0 radical (unpaired) electrons. The number of benzene rings is 2. The van der Waals surface area contributed by atoms with Crippen molar-refractivity contribution in [1.29, 1.82) is 0 Å². The third-order valence-corrected chi connectivity index (χ3v) is 8.50. The van der Waals surface area contributed by atoms with Crippen LogP contribution in [0.3, 0.4) is 0 Å². The molecule has 0 aliphatic carbocycles. The van der Waals surface area contributed by atoms with Crippen molar-refractivity contribution >= 4 is 51.0 Å². The smallest absolute Gasteiger partial charge is 0.147 e. The molecule has 0 saturated carbocycles. The third kappa shape index (κ3) is 5.25. The molecule has 162 valence electrons. The van der Waals surface area contributed by atoms with E-state index in [1.807, 2.05) is 0 Å². The number of halogens is 7. The van der Waals surface area contributed by atoms with Crippen LogP contribution in [0.2, 0.25) is 0 Å². The van der Waals surface area contributed by atoms with Crippen molar-refractivity contribution < 1.29 is 30.2 Å². The Morgan fingerprint density at radius 1 is 1.03 bits per heavy atom. The summed E-state index contributed by atoms with van der Waals surface area (Å²) in [5.41, 5.74) is 0.757. The number of ether oxygens (including phenoxy) is 1. The summed E-state index contributed by atoms with van der Waals surface area (Å²) in [4.78, 5) is 11.7. The monoisotopic (exact) mass is 569 g/mol. The van der Waals surface area contributed by atoms with Crippen molar-refractivity contribution in [2.75, 3.05) is 13.6 Å². The molecule has 29 heavy (non-hydrogen) atoms. The van der Waals surface area contributed by atoms with Gasteiger partial charge in [-0.05, 0) is 0 Å². The molecular weight excluding hydrogens is 552 g/mol. The number of carbonyl (C=O) groups is 1. The van der Waals surface area contributed by atoms with E-state index >= 15 is 0 Å². The van der Waals surface area contributed by atoms with Crippen molar-refractivity contribution in [2.24, 2.45) is 0 Å². The summed E-state index contributed by atoms with van der Waals surface area (Å²) in [5, 5.41) is 2.95. The number of alkyl halides is 5. The molecular formula is C18H18Cl2F4INO3. The fraction of sp³-hybridized carbons (Fsp3) is 0.278. The molecule has 1 aliphatic heterocycles. The fourth-order valence-corrected chi connectivity index (χ4v) is 6.43. The van der Waals surface area contributed by atoms with Gasteiger partial charge in [-0.3, -0.25) is 0 Å². The van der Waals surface area contributed by atoms with E-state index in [4.69, 9.17) is 0 Å². The van der Waals surface area contributed by atoms with Gasteiger partial charge in [-0.1, -0.05) is 0 Å². The Morgan fingerprint density at radius 3 is 2.28 bits per heavy atom. The van der Waals surface area contributed by atoms with Crippen LogP contribution in [0.5, 0.6) is 5.75 Å². The van der Waals surface area contributed by atoms with Gasteiger partial charge >= 0.3 is 161 Å². The Morgan fingerprint density at radius 2 is 1.66 bits per heavy atom. The number of carbonyl (C=O) groups excluding carboxylic acids is 1. The second kappa shape index (κ2) is 10.1. The van der Waals surface area contributed by atoms with Crippen LogP contribution in [-0.4, -0.2) is 29.6 Å². The minimum absolute atomic E-state index is 0. The summed E-state index contributed by atoms with van der Waals surface area (Å²) in [6.07, 6.45) is -4.16. The average molecular weight is 570 g/mol. The molecule has 0 unspecified atom stereocenters. The van der Waals surface area contributed by atoms with Gasteiger partial charge in [-0.25, -0.2) is 0 Å². The number of hydrogen-bond acceptors (Lipinski definition) is 4. The molecule has 3 rings (SSSR count). The number of nitrogens with one attached hydrogen (secondary N) is 1. The second-order valence-corrected chi connectivity index (χ2v) is 10.1. The molecule has 4 nitrogen and oxygen atoms in total. The van der Waals surface area contributed by atoms with Crippen molar-refractivity contribution in [3.05, 3.63) is 63.2 Å². The van der Waals surface area contributed by atoms with E-state index in [-0.39, 0.29) is 39.7 Å². The van der Waals surface area contributed by atoms with Crippen LogP contribution < -0.4 is 10.1 Å². The first-order valence-electron chi connectivity index (χ1n) is 7.96. The Kier molecular flexibility index (Phi) is 9.00. The van der Waals surface area contributed by atoms with Crippen molar-refractivity contribution in [1.82, 2.24) is 5.32 Å². The Labute approximate surface area is 185 Å². The first kappa shape index (κ1) is 25.7. The van der Waals surface area contributed by atoms with Gasteiger partial charge in [0.25, 0.3) is 0 Å². The van der Waals surface area contributed by atoms with Crippen LogP contribution in [-0.2, 0) is 9.49 Å². The summed E-state index contributed by atoms with van der Waals surface area (Å²) < 4.78 is 62.1. The van der Waals surface area contributed by atoms with Crippen molar-refractivity contribution in [2.45, 2.75) is 16.5 Å². The maximum Gasteiger partial charge on any atom is -0.147 e. The van der Waals surface area contributed by atoms with Crippen LogP contribution in [0.1, 0.15) is 15.9 Å². The Bertz CT molecular complexity index is 840. The molecule has 0 atom stereocenters. The van der Waals surface area contributed by atoms with E-state index in [9.17, 15) is 22.4 Å². The maximum absolute atomic E-state index is 14.6. The minimum atomic E-state index is -4.82. The van der Waals surface area contributed by atoms with E-state index in [1.54, 1.807) is 7.05 Å². The number of rotatable bonds is 7. The van der Waals surface area contributed by atoms with Gasteiger partial charge in [0.2, 0.25) is 0 Å². The largest absolute Gasteiger partial charge is 0.147 e. The molecule has 1 aliphatic rings. The van der Waals surface area contributed by atoms with E-state index < -0.39 is 36.2 Å². The van der Waals surface area contributed by atoms with Crippen LogP contribution in [0.15, 0.2) is 48.5 Å². The standard InChI is InChI=1S/C18H16F4INO3.2ClH/c1-24-11-10-12-6-8-13(9-7-12)26-18(21,22)17(19,20)23-15-5-3-2-4-14(15)16(25)27-23;;/h2-9,24H,10-11H2,1H3;2*1H. The van der Waals surface area contributed by atoms with Gasteiger partial charge in [-0.15, -0.1) is 24.8 Å². The molecule has 0 aromatic heterocycles. The third-order valence-electron chi connectivity index (χ3n) is 3.80. The summed E-state index contributed by atoms with van der Waals surface area (Å²) in [7, 11) is 1.78. The normalized spacial score (nSPS) is 14.4. The van der Waals surface area contributed by atoms with Crippen LogP contribution in [0.4, 0.5) is 17.6 Å². The second-order valence-electron chi connectivity index (χ2n) is 5.71. The summed E-state index contributed by atoms with van der Waals surface area (Å²) in [5.74, 6) is -1.39. The maximum atomic E-state index is 14.6. The molecule has 2 aromatic rings. The average Bonchev–Trinajstić information content (AvgIpc) is 2.98.